The van der Waals surface area contributed by atoms with Crippen LogP contribution in [0.25, 0.3) is 0 Å². The predicted molar refractivity (Wildman–Crippen MR) is 73.2 cm³/mol. The van der Waals surface area contributed by atoms with E-state index in [9.17, 15) is 22.0 Å². The lowest BCUT2D eigenvalue weighted by atomic mass is 10.1. The van der Waals surface area contributed by atoms with Gasteiger partial charge in [-0.1, -0.05) is 0 Å². The molecule has 0 N–H and O–H groups in total. The highest BCUT2D eigenvalue weighted by Crippen LogP contribution is 2.20. The molecule has 0 fully saturated rings. The Bertz CT molecular complexity index is 622. The average Bonchev–Trinajstić information content (AvgIpc) is 2.36. The molecule has 0 saturated heterocycles. The van der Waals surface area contributed by atoms with E-state index in [2.05, 4.69) is 0 Å². The van der Waals surface area contributed by atoms with Crippen LogP contribution in [-0.2, 0) is 20.4 Å². The number of halogens is 3. The van der Waals surface area contributed by atoms with Gasteiger partial charge in [-0.3, -0.25) is 4.79 Å². The van der Waals surface area contributed by atoms with Crippen molar-refractivity contribution in [1.82, 2.24) is 4.90 Å². The van der Waals surface area contributed by atoms with Crippen molar-refractivity contribution in [2.45, 2.75) is 17.9 Å². The molecular weight excluding hydrogens is 328 g/mol. The molecule has 0 spiro atoms. The molecular formula is C12H14ClF2NO4S. The maximum atomic E-state index is 12.3. The Morgan fingerprint density at radius 3 is 2.48 bits per heavy atom. The summed E-state index contributed by atoms with van der Waals surface area (Å²) in [7, 11) is 3.80. The van der Waals surface area contributed by atoms with E-state index in [0.29, 0.717) is 5.56 Å². The van der Waals surface area contributed by atoms with E-state index in [0.717, 1.165) is 11.0 Å². The third-order valence-corrected chi connectivity index (χ3v) is 3.90. The van der Waals surface area contributed by atoms with E-state index in [-0.39, 0.29) is 17.1 Å². The summed E-state index contributed by atoms with van der Waals surface area (Å²) >= 11 is 0. The largest absolute Gasteiger partial charge is 0.380 e. The number of rotatable bonds is 6. The van der Waals surface area contributed by atoms with Crippen molar-refractivity contribution < 1.29 is 26.7 Å². The van der Waals surface area contributed by atoms with Crippen LogP contribution in [0.5, 0.6) is 0 Å². The Kier molecular flexibility index (Phi) is 6.06. The minimum absolute atomic E-state index is 0.0491. The fourth-order valence-electron chi connectivity index (χ4n) is 1.69. The van der Waals surface area contributed by atoms with Crippen LogP contribution >= 0.6 is 10.7 Å². The van der Waals surface area contributed by atoms with Crippen LogP contribution in [0.1, 0.15) is 15.9 Å². The van der Waals surface area contributed by atoms with Crippen LogP contribution in [0, 0.1) is 0 Å². The number of carbonyl (C=O) groups is 1. The van der Waals surface area contributed by atoms with Gasteiger partial charge in [0, 0.05) is 30.4 Å². The fraction of sp³-hybridized carbons (Fsp3) is 0.417. The van der Waals surface area contributed by atoms with Crippen LogP contribution in [0.4, 0.5) is 8.78 Å². The van der Waals surface area contributed by atoms with Crippen molar-refractivity contribution in [3.63, 3.8) is 0 Å². The van der Waals surface area contributed by atoms with Gasteiger partial charge in [0.25, 0.3) is 21.4 Å². The highest BCUT2D eigenvalue weighted by atomic mass is 35.7. The van der Waals surface area contributed by atoms with Crippen LogP contribution in [0.3, 0.4) is 0 Å². The summed E-state index contributed by atoms with van der Waals surface area (Å²) in [5.74, 6) is -0.727. The molecule has 0 heterocycles. The first-order valence-corrected chi connectivity index (χ1v) is 8.07. The smallest absolute Gasteiger partial charge is 0.261 e. The van der Waals surface area contributed by atoms with E-state index < -0.39 is 27.9 Å². The molecule has 1 aromatic carbocycles. The molecule has 0 unspecified atom stereocenters. The van der Waals surface area contributed by atoms with Crippen molar-refractivity contribution in [1.29, 1.82) is 0 Å². The molecule has 9 heteroatoms. The number of benzene rings is 1. The molecule has 1 rings (SSSR count). The molecule has 0 aromatic heterocycles. The van der Waals surface area contributed by atoms with Crippen LogP contribution in [0.15, 0.2) is 23.1 Å². The summed E-state index contributed by atoms with van der Waals surface area (Å²) in [5, 5.41) is 0. The molecule has 0 atom stereocenters. The summed E-state index contributed by atoms with van der Waals surface area (Å²) in [4.78, 5) is 12.6. The van der Waals surface area contributed by atoms with Gasteiger partial charge in [-0.15, -0.1) is 0 Å². The third-order valence-electron chi connectivity index (χ3n) is 2.56. The normalized spacial score (nSPS) is 11.7. The summed E-state index contributed by atoms with van der Waals surface area (Å²) in [6, 6.07) is 3.68. The molecule has 5 nitrogen and oxygen atoms in total. The van der Waals surface area contributed by atoms with Crippen molar-refractivity contribution >= 4 is 25.6 Å². The second-order valence-corrected chi connectivity index (χ2v) is 6.88. The third kappa shape index (κ3) is 5.22. The molecule has 0 radical (unpaired) electrons. The first-order chi connectivity index (χ1) is 9.65. The van der Waals surface area contributed by atoms with E-state index in [1.807, 2.05) is 0 Å². The highest BCUT2D eigenvalue weighted by Gasteiger charge is 2.20. The molecule has 0 bridgehead atoms. The molecule has 118 valence electrons. The Morgan fingerprint density at radius 1 is 1.38 bits per heavy atom. The molecule has 1 aromatic rings. The SMILES string of the molecule is COCc1cc(C(=O)N(C)CC(F)F)cc(S(=O)(=O)Cl)c1. The van der Waals surface area contributed by atoms with Crippen LogP contribution in [0.2, 0.25) is 0 Å². The van der Waals surface area contributed by atoms with Gasteiger partial charge in [-0.05, 0) is 23.8 Å². The molecule has 0 aliphatic heterocycles. The molecule has 0 saturated carbocycles. The number of nitrogens with zero attached hydrogens (tertiary/aromatic N) is 1. The van der Waals surface area contributed by atoms with Crippen molar-refractivity contribution in [2.75, 3.05) is 20.7 Å². The van der Waals surface area contributed by atoms with Gasteiger partial charge < -0.3 is 9.64 Å². The number of amides is 1. The van der Waals surface area contributed by atoms with Crippen molar-refractivity contribution in [3.05, 3.63) is 29.3 Å². The second kappa shape index (κ2) is 7.15. The van der Waals surface area contributed by atoms with Crippen LogP contribution in [-0.4, -0.2) is 46.4 Å². The number of methoxy groups -OCH3 is 1. The first-order valence-electron chi connectivity index (χ1n) is 5.76. The minimum Gasteiger partial charge on any atom is -0.380 e. The monoisotopic (exact) mass is 341 g/mol. The van der Waals surface area contributed by atoms with Gasteiger partial charge in [-0.2, -0.15) is 0 Å². The van der Waals surface area contributed by atoms with Crippen LogP contribution < -0.4 is 0 Å². The lowest BCUT2D eigenvalue weighted by Crippen LogP contribution is -2.31. The average molecular weight is 342 g/mol. The Balaban J connectivity index is 3.22. The quantitative estimate of drug-likeness (QED) is 0.743. The molecule has 1 amide bonds. The Morgan fingerprint density at radius 2 is 2.00 bits per heavy atom. The topological polar surface area (TPSA) is 63.7 Å². The maximum absolute atomic E-state index is 12.3. The number of hydrogen-bond donors (Lipinski definition) is 0. The first kappa shape index (κ1) is 17.8. The lowest BCUT2D eigenvalue weighted by Gasteiger charge is -2.17. The Labute approximate surface area is 125 Å². The van der Waals surface area contributed by atoms with Gasteiger partial charge in [0.1, 0.15) is 0 Å². The van der Waals surface area contributed by atoms with Gasteiger partial charge in [0.05, 0.1) is 18.0 Å². The fourth-order valence-corrected chi connectivity index (χ4v) is 2.51. The minimum atomic E-state index is -4.05. The summed E-state index contributed by atoms with van der Waals surface area (Å²) < 4.78 is 52.3. The summed E-state index contributed by atoms with van der Waals surface area (Å²) in [6.45, 7) is -0.699. The number of hydrogen-bond acceptors (Lipinski definition) is 4. The molecule has 0 aliphatic rings. The van der Waals surface area contributed by atoms with E-state index in [1.165, 1.54) is 26.3 Å². The highest BCUT2D eigenvalue weighted by molar-refractivity contribution is 8.13. The van der Waals surface area contributed by atoms with E-state index >= 15 is 0 Å². The van der Waals surface area contributed by atoms with Gasteiger partial charge in [0.15, 0.2) is 0 Å². The number of carbonyl (C=O) groups excluding carboxylic acids is 1. The maximum Gasteiger partial charge on any atom is 0.261 e. The second-order valence-electron chi connectivity index (χ2n) is 4.31. The Hall–Kier alpha value is -1.25. The number of ether oxygens (including phenoxy) is 1. The van der Waals surface area contributed by atoms with Crippen molar-refractivity contribution in [2.24, 2.45) is 0 Å². The predicted octanol–water partition coefficient (Wildman–Crippen LogP) is 2.10. The zero-order valence-electron chi connectivity index (χ0n) is 11.3. The number of alkyl halides is 2. The molecule has 0 aliphatic carbocycles. The molecule has 21 heavy (non-hydrogen) atoms. The lowest BCUT2D eigenvalue weighted by molar-refractivity contribution is 0.0620. The zero-order chi connectivity index (χ0) is 16.2. The van der Waals surface area contributed by atoms with E-state index in [4.69, 9.17) is 15.4 Å². The summed E-state index contributed by atoms with van der Waals surface area (Å²) in [6.07, 6.45) is -2.68. The van der Waals surface area contributed by atoms with Crippen molar-refractivity contribution in [3.8, 4) is 0 Å². The zero-order valence-corrected chi connectivity index (χ0v) is 12.9. The van der Waals surface area contributed by atoms with E-state index in [1.54, 1.807) is 0 Å². The standard InChI is InChI=1S/C12H14ClF2NO4S/c1-16(6-11(14)15)12(17)9-3-8(7-20-2)4-10(5-9)21(13,18)19/h3-5,11H,6-7H2,1-2H3. The van der Waals surface area contributed by atoms with Gasteiger partial charge in [0.2, 0.25) is 0 Å². The summed E-state index contributed by atoms with van der Waals surface area (Å²) in [5.41, 5.74) is 0.347. The van der Waals surface area contributed by atoms with Gasteiger partial charge in [-0.25, -0.2) is 17.2 Å². The van der Waals surface area contributed by atoms with Gasteiger partial charge >= 0.3 is 0 Å².